The van der Waals surface area contributed by atoms with Gasteiger partial charge in [-0.25, -0.2) is 0 Å². The Kier molecular flexibility index (Phi) is 7.38. The van der Waals surface area contributed by atoms with Gasteiger partial charge in [0.05, 0.1) is 13.2 Å². The number of hydrogen-bond acceptors (Lipinski definition) is 4. The van der Waals surface area contributed by atoms with Gasteiger partial charge >= 0.3 is 0 Å². The van der Waals surface area contributed by atoms with Crippen molar-refractivity contribution in [2.24, 2.45) is 0 Å². The summed E-state index contributed by atoms with van der Waals surface area (Å²) in [7, 11) is 1.83. The largest absolute Gasteiger partial charge is 0.491 e. The molecular weight excluding hydrogens is 218 g/mol. The lowest BCUT2D eigenvalue weighted by molar-refractivity contribution is 0.0880. The number of nitrogens with one attached hydrogen (secondary N) is 1. The monoisotopic (exact) mass is 239 g/mol. The third-order valence-corrected chi connectivity index (χ3v) is 2.48. The van der Waals surface area contributed by atoms with Gasteiger partial charge in [0, 0.05) is 12.6 Å². The first-order valence-corrected chi connectivity index (χ1v) is 5.90. The van der Waals surface area contributed by atoms with E-state index in [0.29, 0.717) is 19.8 Å². The van der Waals surface area contributed by atoms with Gasteiger partial charge in [-0.1, -0.05) is 18.2 Å². The number of rotatable bonds is 9. The zero-order valence-corrected chi connectivity index (χ0v) is 10.3. The Morgan fingerprint density at radius 1 is 1.18 bits per heavy atom. The Balaban J connectivity index is 1.98. The first kappa shape index (κ1) is 14.0. The lowest BCUT2D eigenvalue weighted by Crippen LogP contribution is -2.30. The second kappa shape index (κ2) is 8.98. The van der Waals surface area contributed by atoms with E-state index in [9.17, 15) is 0 Å². The van der Waals surface area contributed by atoms with E-state index >= 15 is 0 Å². The number of ether oxygens (including phenoxy) is 2. The van der Waals surface area contributed by atoms with Crippen LogP contribution in [0.1, 0.15) is 6.42 Å². The van der Waals surface area contributed by atoms with E-state index in [0.717, 1.165) is 12.2 Å². The molecule has 0 saturated carbocycles. The highest BCUT2D eigenvalue weighted by molar-refractivity contribution is 5.20. The van der Waals surface area contributed by atoms with Crippen molar-refractivity contribution in [3.05, 3.63) is 30.3 Å². The van der Waals surface area contributed by atoms with E-state index in [4.69, 9.17) is 14.6 Å². The highest BCUT2D eigenvalue weighted by Crippen LogP contribution is 2.07. The lowest BCUT2D eigenvalue weighted by atomic mass is 10.2. The first-order chi connectivity index (χ1) is 8.36. The fraction of sp³-hybridized carbons (Fsp3) is 0.538. The topological polar surface area (TPSA) is 50.7 Å². The highest BCUT2D eigenvalue weighted by Gasteiger charge is 2.02. The molecule has 4 nitrogen and oxygen atoms in total. The van der Waals surface area contributed by atoms with Crippen molar-refractivity contribution in [2.75, 3.05) is 33.5 Å². The summed E-state index contributed by atoms with van der Waals surface area (Å²) >= 11 is 0. The van der Waals surface area contributed by atoms with Crippen molar-refractivity contribution < 1.29 is 14.6 Å². The molecular formula is C13H21NO3. The molecule has 1 aromatic carbocycles. The molecule has 0 spiro atoms. The van der Waals surface area contributed by atoms with Crippen molar-refractivity contribution in [3.63, 3.8) is 0 Å². The maximum Gasteiger partial charge on any atom is 0.119 e. The quantitative estimate of drug-likeness (QED) is 0.633. The molecule has 96 valence electrons. The molecule has 0 aliphatic rings. The molecule has 0 amide bonds. The minimum absolute atomic E-state index is 0.116. The standard InChI is InChI=1S/C13H21NO3/c1-14-12(11-15)7-8-16-9-10-17-13-5-3-2-4-6-13/h2-6,12,14-15H,7-11H2,1H3. The highest BCUT2D eigenvalue weighted by atomic mass is 16.5. The first-order valence-electron chi connectivity index (χ1n) is 5.90. The third-order valence-electron chi connectivity index (χ3n) is 2.48. The smallest absolute Gasteiger partial charge is 0.119 e. The van der Waals surface area contributed by atoms with Gasteiger partial charge < -0.3 is 19.9 Å². The Morgan fingerprint density at radius 3 is 2.59 bits per heavy atom. The average molecular weight is 239 g/mol. The molecule has 1 atom stereocenters. The molecule has 2 N–H and O–H groups in total. The van der Waals surface area contributed by atoms with Crippen LogP contribution in [-0.2, 0) is 4.74 Å². The van der Waals surface area contributed by atoms with E-state index in [2.05, 4.69) is 5.32 Å². The molecule has 0 heterocycles. The van der Waals surface area contributed by atoms with Crippen molar-refractivity contribution in [3.8, 4) is 5.75 Å². The van der Waals surface area contributed by atoms with Gasteiger partial charge in [-0.3, -0.25) is 0 Å². The predicted molar refractivity (Wildman–Crippen MR) is 67.3 cm³/mol. The number of likely N-dealkylation sites (N-methyl/N-ethyl adjacent to an activating group) is 1. The van der Waals surface area contributed by atoms with Gasteiger partial charge in [0.15, 0.2) is 0 Å². The lowest BCUT2D eigenvalue weighted by Gasteiger charge is -2.13. The molecule has 0 saturated heterocycles. The molecule has 0 radical (unpaired) electrons. The van der Waals surface area contributed by atoms with Crippen molar-refractivity contribution in [1.29, 1.82) is 0 Å². The maximum absolute atomic E-state index is 8.93. The van der Waals surface area contributed by atoms with Crippen LogP contribution in [0.2, 0.25) is 0 Å². The summed E-state index contributed by atoms with van der Waals surface area (Å²) in [6.45, 7) is 1.88. The van der Waals surface area contributed by atoms with Crippen LogP contribution in [0.5, 0.6) is 5.75 Å². The normalized spacial score (nSPS) is 12.4. The van der Waals surface area contributed by atoms with Crippen LogP contribution in [0, 0.1) is 0 Å². The molecule has 0 bridgehead atoms. The molecule has 0 aromatic heterocycles. The van der Waals surface area contributed by atoms with Crippen LogP contribution < -0.4 is 10.1 Å². The van der Waals surface area contributed by atoms with Gasteiger partial charge in [0.1, 0.15) is 12.4 Å². The van der Waals surface area contributed by atoms with E-state index < -0.39 is 0 Å². The number of para-hydroxylation sites is 1. The second-order valence-corrected chi connectivity index (χ2v) is 3.73. The molecule has 1 rings (SSSR count). The summed E-state index contributed by atoms with van der Waals surface area (Å²) in [6, 6.07) is 9.79. The van der Waals surface area contributed by atoms with Crippen LogP contribution in [0.4, 0.5) is 0 Å². The fourth-order valence-electron chi connectivity index (χ4n) is 1.39. The van der Waals surface area contributed by atoms with Crippen LogP contribution in [0.15, 0.2) is 30.3 Å². The molecule has 4 heteroatoms. The number of benzene rings is 1. The van der Waals surface area contributed by atoms with Crippen molar-refractivity contribution >= 4 is 0 Å². The Morgan fingerprint density at radius 2 is 1.94 bits per heavy atom. The van der Waals surface area contributed by atoms with Gasteiger partial charge in [-0.15, -0.1) is 0 Å². The zero-order valence-electron chi connectivity index (χ0n) is 10.3. The SMILES string of the molecule is CNC(CO)CCOCCOc1ccccc1. The Hall–Kier alpha value is -1.10. The summed E-state index contributed by atoms with van der Waals surface area (Å²) < 4.78 is 10.9. The number of aliphatic hydroxyl groups is 1. The Bertz CT molecular complexity index is 275. The minimum Gasteiger partial charge on any atom is -0.491 e. The third kappa shape index (κ3) is 6.26. The summed E-state index contributed by atoms with van der Waals surface area (Å²) in [6.07, 6.45) is 0.804. The minimum atomic E-state index is 0.116. The van der Waals surface area contributed by atoms with Crippen LogP contribution in [0.3, 0.4) is 0 Å². The molecule has 0 aliphatic carbocycles. The van der Waals surface area contributed by atoms with E-state index in [1.54, 1.807) is 0 Å². The van der Waals surface area contributed by atoms with Gasteiger partial charge in [-0.05, 0) is 25.6 Å². The predicted octanol–water partition coefficient (Wildman–Crippen LogP) is 1.05. The summed E-state index contributed by atoms with van der Waals surface area (Å²) in [5.74, 6) is 0.861. The van der Waals surface area contributed by atoms with E-state index in [1.165, 1.54) is 0 Å². The van der Waals surface area contributed by atoms with Crippen molar-refractivity contribution in [2.45, 2.75) is 12.5 Å². The van der Waals surface area contributed by atoms with Gasteiger partial charge in [0.25, 0.3) is 0 Å². The van der Waals surface area contributed by atoms with Crippen molar-refractivity contribution in [1.82, 2.24) is 5.32 Å². The molecule has 17 heavy (non-hydrogen) atoms. The molecule has 0 fully saturated rings. The fourth-order valence-corrected chi connectivity index (χ4v) is 1.39. The Labute approximate surface area is 103 Å². The second-order valence-electron chi connectivity index (χ2n) is 3.73. The molecule has 1 unspecified atom stereocenters. The summed E-state index contributed by atoms with van der Waals surface area (Å²) in [5.41, 5.74) is 0. The van der Waals surface area contributed by atoms with E-state index in [-0.39, 0.29) is 12.6 Å². The number of hydrogen-bond donors (Lipinski definition) is 2. The molecule has 1 aromatic rings. The van der Waals surface area contributed by atoms with Crippen LogP contribution in [-0.4, -0.2) is 44.6 Å². The van der Waals surface area contributed by atoms with Crippen LogP contribution >= 0.6 is 0 Å². The average Bonchev–Trinajstić information content (AvgIpc) is 2.39. The molecule has 0 aliphatic heterocycles. The van der Waals surface area contributed by atoms with Gasteiger partial charge in [-0.2, -0.15) is 0 Å². The zero-order chi connectivity index (χ0) is 12.3. The summed E-state index contributed by atoms with van der Waals surface area (Å²) in [4.78, 5) is 0. The van der Waals surface area contributed by atoms with E-state index in [1.807, 2.05) is 37.4 Å². The maximum atomic E-state index is 8.93. The van der Waals surface area contributed by atoms with Crippen LogP contribution in [0.25, 0.3) is 0 Å². The summed E-state index contributed by atoms with van der Waals surface area (Å²) in [5, 5.41) is 11.9. The number of aliphatic hydroxyl groups excluding tert-OH is 1. The van der Waals surface area contributed by atoms with Gasteiger partial charge in [0.2, 0.25) is 0 Å².